The average Bonchev–Trinajstić information content (AvgIpc) is 3.73. The zero-order valence-electron chi connectivity index (χ0n) is 22.3. The Morgan fingerprint density at radius 3 is 2.58 bits per heavy atom. The minimum absolute atomic E-state index is 0.0395. The molecule has 0 radical (unpaired) electrons. The number of thiophene rings is 1. The van der Waals surface area contributed by atoms with Crippen LogP contribution in [-0.4, -0.2) is 59.0 Å². The van der Waals surface area contributed by atoms with E-state index in [0.29, 0.717) is 17.9 Å². The molecular weight excluding hydrogens is 525 g/mol. The summed E-state index contributed by atoms with van der Waals surface area (Å²) in [6.07, 6.45) is 2.28. The molecule has 2 aromatic carbocycles. The fourth-order valence-corrected chi connectivity index (χ4v) is 7.44. The van der Waals surface area contributed by atoms with Gasteiger partial charge in [0.25, 0.3) is 0 Å². The first-order chi connectivity index (χ1) is 19.5. The molecule has 6 nitrogen and oxygen atoms in total. The summed E-state index contributed by atoms with van der Waals surface area (Å²) in [5.41, 5.74) is 4.73. The number of carboxylic acid groups (broad SMARTS) is 1. The second-order valence-corrected chi connectivity index (χ2v) is 11.9. The summed E-state index contributed by atoms with van der Waals surface area (Å²) in [4.78, 5) is 31.5. The van der Waals surface area contributed by atoms with Crippen molar-refractivity contribution in [1.82, 2.24) is 15.2 Å². The van der Waals surface area contributed by atoms with Crippen molar-refractivity contribution in [2.45, 2.75) is 43.6 Å². The average molecular weight is 560 g/mol. The fourth-order valence-electron chi connectivity index (χ4n) is 6.71. The number of carbonyl (C=O) groups is 2. The Hall–Kier alpha value is -3.33. The summed E-state index contributed by atoms with van der Waals surface area (Å²) in [5, 5.41) is 18.0. The minimum atomic E-state index is -0.840. The first kappa shape index (κ1) is 26.9. The van der Waals surface area contributed by atoms with Crippen molar-refractivity contribution in [2.24, 2.45) is 5.92 Å². The molecule has 2 aromatic heterocycles. The molecule has 4 aromatic rings. The molecule has 2 aliphatic rings. The lowest BCUT2D eigenvalue weighted by Crippen LogP contribution is -2.51. The number of benzene rings is 2. The van der Waals surface area contributed by atoms with E-state index in [-0.39, 0.29) is 35.9 Å². The van der Waals surface area contributed by atoms with Gasteiger partial charge in [-0.05, 0) is 90.5 Å². The number of likely N-dealkylation sites (tertiary alicyclic amines) is 1. The molecule has 0 bridgehead atoms. The number of para-hydroxylation sites is 1. The Balaban J connectivity index is 1.31. The number of rotatable bonds is 9. The van der Waals surface area contributed by atoms with Crippen LogP contribution in [0.4, 0.5) is 4.39 Å². The summed E-state index contributed by atoms with van der Waals surface area (Å²) < 4.78 is 13.5. The second kappa shape index (κ2) is 11.6. The molecule has 0 saturated carbocycles. The van der Waals surface area contributed by atoms with Crippen molar-refractivity contribution in [3.05, 3.63) is 93.6 Å². The van der Waals surface area contributed by atoms with Gasteiger partial charge in [0.05, 0.1) is 18.0 Å². The Labute approximate surface area is 237 Å². The van der Waals surface area contributed by atoms with Gasteiger partial charge in [-0.15, -0.1) is 0 Å². The predicted octanol–water partition coefficient (Wildman–Crippen LogP) is 5.82. The highest BCUT2D eigenvalue weighted by Gasteiger charge is 2.43. The number of Topliss-reactive ketones (excluding diaryl/α,β-unsaturated/α-hetero) is 1. The van der Waals surface area contributed by atoms with Gasteiger partial charge < -0.3 is 15.4 Å². The van der Waals surface area contributed by atoms with Gasteiger partial charge in [0.1, 0.15) is 5.82 Å². The predicted molar refractivity (Wildman–Crippen MR) is 156 cm³/mol. The molecule has 40 heavy (non-hydrogen) atoms. The van der Waals surface area contributed by atoms with Crippen LogP contribution in [0.1, 0.15) is 58.3 Å². The van der Waals surface area contributed by atoms with E-state index < -0.39 is 5.97 Å². The smallest absolute Gasteiger partial charge is 0.303 e. The van der Waals surface area contributed by atoms with Gasteiger partial charge in [0.2, 0.25) is 0 Å². The number of fused-ring (bicyclic) bond motifs is 1. The first-order valence-corrected chi connectivity index (χ1v) is 15.0. The van der Waals surface area contributed by atoms with Crippen molar-refractivity contribution >= 4 is 34.0 Å². The van der Waals surface area contributed by atoms with Gasteiger partial charge >= 0.3 is 5.97 Å². The van der Waals surface area contributed by atoms with Gasteiger partial charge in [-0.25, -0.2) is 4.39 Å². The molecule has 208 valence electrons. The lowest BCUT2D eigenvalue weighted by Gasteiger charge is -2.41. The molecule has 2 fully saturated rings. The standard InChI is InChI=1S/C32H34FN3O3S/c33-24-6-4-20(5-7-24)21-10-13-36(14-11-21)31(28-18-34-17-27(28)23-12-15-40-19-23)32(39)26-3-1-2-22-16-25(35-30(22)26)8-9-29(37)38/h1-7,12,15-16,19,21,27-28,31,34-35H,8-11,13-14,17-18H2,(H,37,38)/t27-,28-,31?/m0/s1. The molecule has 2 aliphatic heterocycles. The zero-order chi connectivity index (χ0) is 27.6. The zero-order valence-corrected chi connectivity index (χ0v) is 23.1. The Morgan fingerprint density at radius 1 is 1.05 bits per heavy atom. The lowest BCUT2D eigenvalue weighted by molar-refractivity contribution is -0.136. The normalized spacial score (nSPS) is 21.1. The molecule has 0 amide bonds. The number of piperidine rings is 1. The summed E-state index contributed by atoms with van der Waals surface area (Å²) in [7, 11) is 0. The SMILES string of the molecule is O=C(O)CCc1cc2cccc(C(=O)C([C@H]3CNC[C@H]3c3ccsc3)N3CCC(c4ccc(F)cc4)CC3)c2[nH]1. The van der Waals surface area contributed by atoms with Crippen LogP contribution >= 0.6 is 11.3 Å². The van der Waals surface area contributed by atoms with E-state index in [1.165, 1.54) is 17.7 Å². The summed E-state index contributed by atoms with van der Waals surface area (Å²) >= 11 is 1.69. The lowest BCUT2D eigenvalue weighted by atomic mass is 9.79. The van der Waals surface area contributed by atoms with E-state index in [1.54, 1.807) is 11.3 Å². The summed E-state index contributed by atoms with van der Waals surface area (Å²) in [6, 6.07) is 16.5. The third-order valence-corrected chi connectivity index (χ3v) is 9.46. The molecule has 4 heterocycles. The maximum Gasteiger partial charge on any atom is 0.303 e. The number of carboxylic acids is 1. The number of halogens is 1. The number of hydrogen-bond acceptors (Lipinski definition) is 5. The van der Waals surface area contributed by atoms with E-state index in [9.17, 15) is 14.0 Å². The van der Waals surface area contributed by atoms with Crippen LogP contribution in [0, 0.1) is 11.7 Å². The van der Waals surface area contributed by atoms with E-state index in [2.05, 4.69) is 32.0 Å². The topological polar surface area (TPSA) is 85.4 Å². The van der Waals surface area contributed by atoms with Gasteiger partial charge in [-0.2, -0.15) is 11.3 Å². The number of nitrogens with one attached hydrogen (secondary N) is 2. The monoisotopic (exact) mass is 559 g/mol. The third kappa shape index (κ3) is 5.48. The van der Waals surface area contributed by atoms with Crippen LogP contribution in [0.2, 0.25) is 0 Å². The van der Waals surface area contributed by atoms with E-state index >= 15 is 0 Å². The largest absolute Gasteiger partial charge is 0.481 e. The van der Waals surface area contributed by atoms with Crippen LogP contribution in [0.25, 0.3) is 10.9 Å². The molecular formula is C32H34FN3O3S. The van der Waals surface area contributed by atoms with E-state index in [0.717, 1.165) is 61.2 Å². The fraction of sp³-hybridized carbons (Fsp3) is 0.375. The number of aromatic nitrogens is 1. The number of nitrogens with zero attached hydrogens (tertiary/aromatic N) is 1. The summed E-state index contributed by atoms with van der Waals surface area (Å²) in [6.45, 7) is 3.23. The van der Waals surface area contributed by atoms with Gasteiger partial charge in [0, 0.05) is 41.6 Å². The Kier molecular flexibility index (Phi) is 7.82. The number of aromatic amines is 1. The Bertz CT molecular complexity index is 1480. The van der Waals surface area contributed by atoms with Crippen molar-refractivity contribution < 1.29 is 19.1 Å². The molecule has 2 saturated heterocycles. The number of ketones is 1. The van der Waals surface area contributed by atoms with Crippen molar-refractivity contribution in [2.75, 3.05) is 26.2 Å². The maximum absolute atomic E-state index is 14.6. The second-order valence-electron chi connectivity index (χ2n) is 11.1. The number of hydrogen-bond donors (Lipinski definition) is 3. The van der Waals surface area contributed by atoms with E-state index in [4.69, 9.17) is 5.11 Å². The highest BCUT2D eigenvalue weighted by Crippen LogP contribution is 2.38. The van der Waals surface area contributed by atoms with Crippen LogP contribution in [-0.2, 0) is 11.2 Å². The van der Waals surface area contributed by atoms with Gasteiger partial charge in [-0.3, -0.25) is 14.5 Å². The van der Waals surface area contributed by atoms with Crippen molar-refractivity contribution in [3.8, 4) is 0 Å². The molecule has 3 N–H and O–H groups in total. The summed E-state index contributed by atoms with van der Waals surface area (Å²) in [5.74, 6) is -0.209. The first-order valence-electron chi connectivity index (χ1n) is 14.1. The number of aliphatic carboxylic acids is 1. The van der Waals surface area contributed by atoms with E-state index in [1.807, 2.05) is 36.4 Å². The van der Waals surface area contributed by atoms with Crippen molar-refractivity contribution in [3.63, 3.8) is 0 Å². The molecule has 0 spiro atoms. The minimum Gasteiger partial charge on any atom is -0.481 e. The van der Waals surface area contributed by atoms with Crippen LogP contribution in [0.15, 0.2) is 65.4 Å². The molecule has 1 unspecified atom stereocenters. The molecule has 8 heteroatoms. The van der Waals surface area contributed by atoms with Crippen LogP contribution in [0.3, 0.4) is 0 Å². The number of aryl methyl sites for hydroxylation is 1. The highest BCUT2D eigenvalue weighted by molar-refractivity contribution is 7.08. The van der Waals surface area contributed by atoms with Gasteiger partial charge in [-0.1, -0.05) is 24.3 Å². The molecule has 0 aliphatic carbocycles. The van der Waals surface area contributed by atoms with Crippen LogP contribution < -0.4 is 5.32 Å². The number of H-pyrrole nitrogens is 1. The third-order valence-electron chi connectivity index (χ3n) is 8.76. The Morgan fingerprint density at radius 2 is 1.85 bits per heavy atom. The van der Waals surface area contributed by atoms with Gasteiger partial charge in [0.15, 0.2) is 5.78 Å². The quantitative estimate of drug-likeness (QED) is 0.225. The maximum atomic E-state index is 14.6. The van der Waals surface area contributed by atoms with Crippen LogP contribution in [0.5, 0.6) is 0 Å². The molecule has 3 atom stereocenters. The molecule has 6 rings (SSSR count). The highest BCUT2D eigenvalue weighted by atomic mass is 32.1. The van der Waals surface area contributed by atoms with Crippen molar-refractivity contribution in [1.29, 1.82) is 0 Å². The number of carbonyl (C=O) groups excluding carboxylic acids is 1.